The normalized spacial score (nSPS) is 10.4. The zero-order chi connectivity index (χ0) is 18.9. The molecule has 28 heavy (non-hydrogen) atoms. The van der Waals surface area contributed by atoms with E-state index in [2.05, 4.69) is 14.9 Å². The SMILES string of the molecule is COc1cc(Cl)cc(CNCCCn2ccnc2)c1OCc1ccccc1.Cl. The molecule has 0 bridgehead atoms. The number of imidazole rings is 1. The molecular formula is C21H25Cl2N3O2. The van der Waals surface area contributed by atoms with E-state index in [-0.39, 0.29) is 12.4 Å². The summed E-state index contributed by atoms with van der Waals surface area (Å²) in [7, 11) is 1.63. The van der Waals surface area contributed by atoms with Gasteiger partial charge in [0.2, 0.25) is 0 Å². The lowest BCUT2D eigenvalue weighted by molar-refractivity contribution is 0.280. The van der Waals surface area contributed by atoms with Crippen molar-refractivity contribution in [1.29, 1.82) is 0 Å². The van der Waals surface area contributed by atoms with E-state index in [0.717, 1.165) is 36.4 Å². The number of halogens is 2. The highest BCUT2D eigenvalue weighted by molar-refractivity contribution is 6.30. The lowest BCUT2D eigenvalue weighted by Gasteiger charge is -2.16. The maximum atomic E-state index is 6.25. The minimum absolute atomic E-state index is 0. The Labute approximate surface area is 177 Å². The molecule has 0 saturated carbocycles. The van der Waals surface area contributed by atoms with Gasteiger partial charge < -0.3 is 19.4 Å². The molecule has 0 atom stereocenters. The molecule has 0 amide bonds. The summed E-state index contributed by atoms with van der Waals surface area (Å²) in [5, 5.41) is 4.09. The number of hydrogen-bond donors (Lipinski definition) is 1. The quantitative estimate of drug-likeness (QED) is 0.480. The van der Waals surface area contributed by atoms with Crippen molar-refractivity contribution in [3.63, 3.8) is 0 Å². The number of hydrogen-bond acceptors (Lipinski definition) is 4. The van der Waals surface area contributed by atoms with Crippen molar-refractivity contribution < 1.29 is 9.47 Å². The molecule has 1 N–H and O–H groups in total. The van der Waals surface area contributed by atoms with Gasteiger partial charge in [-0.1, -0.05) is 41.9 Å². The van der Waals surface area contributed by atoms with Crippen molar-refractivity contribution in [2.45, 2.75) is 26.1 Å². The van der Waals surface area contributed by atoms with E-state index in [1.807, 2.05) is 48.9 Å². The molecular weight excluding hydrogens is 397 g/mol. The molecule has 1 aromatic heterocycles. The van der Waals surface area contributed by atoms with Gasteiger partial charge in [-0.05, 0) is 24.6 Å². The molecule has 5 nitrogen and oxygen atoms in total. The van der Waals surface area contributed by atoms with Gasteiger partial charge in [0.15, 0.2) is 11.5 Å². The Kier molecular flexibility index (Phi) is 9.14. The zero-order valence-electron chi connectivity index (χ0n) is 15.8. The van der Waals surface area contributed by atoms with E-state index >= 15 is 0 Å². The maximum absolute atomic E-state index is 6.25. The third-order valence-corrected chi connectivity index (χ3v) is 4.41. The van der Waals surface area contributed by atoms with Crippen LogP contribution in [0.1, 0.15) is 17.5 Å². The van der Waals surface area contributed by atoms with E-state index in [0.29, 0.717) is 23.9 Å². The van der Waals surface area contributed by atoms with Crippen LogP contribution in [0, 0.1) is 0 Å². The van der Waals surface area contributed by atoms with Gasteiger partial charge in [0, 0.05) is 42.1 Å². The average molecular weight is 422 g/mol. The molecule has 0 aliphatic carbocycles. The van der Waals surface area contributed by atoms with Crippen LogP contribution >= 0.6 is 24.0 Å². The van der Waals surface area contributed by atoms with Crippen LogP contribution in [0.4, 0.5) is 0 Å². The van der Waals surface area contributed by atoms with Gasteiger partial charge in [0.25, 0.3) is 0 Å². The minimum Gasteiger partial charge on any atom is -0.493 e. The van der Waals surface area contributed by atoms with E-state index in [1.54, 1.807) is 19.4 Å². The number of benzene rings is 2. The minimum atomic E-state index is 0. The maximum Gasteiger partial charge on any atom is 0.166 e. The Hall–Kier alpha value is -2.21. The van der Waals surface area contributed by atoms with Gasteiger partial charge in [-0.2, -0.15) is 0 Å². The van der Waals surface area contributed by atoms with E-state index in [1.165, 1.54) is 0 Å². The number of nitrogens with zero attached hydrogens (tertiary/aromatic N) is 2. The molecule has 0 aliphatic rings. The van der Waals surface area contributed by atoms with Crippen LogP contribution in [0.25, 0.3) is 0 Å². The van der Waals surface area contributed by atoms with Gasteiger partial charge in [0.1, 0.15) is 6.61 Å². The smallest absolute Gasteiger partial charge is 0.166 e. The Balaban J connectivity index is 0.00000280. The van der Waals surface area contributed by atoms with Crippen LogP contribution in [-0.2, 0) is 19.7 Å². The zero-order valence-corrected chi connectivity index (χ0v) is 17.4. The highest BCUT2D eigenvalue weighted by atomic mass is 35.5. The Morgan fingerprint density at radius 3 is 2.71 bits per heavy atom. The second kappa shape index (κ2) is 11.6. The predicted octanol–water partition coefficient (Wildman–Crippen LogP) is 4.73. The lowest BCUT2D eigenvalue weighted by Crippen LogP contribution is -2.17. The Morgan fingerprint density at radius 2 is 2.00 bits per heavy atom. The fraction of sp³-hybridized carbons (Fsp3) is 0.286. The summed E-state index contributed by atoms with van der Waals surface area (Å²) in [6.07, 6.45) is 6.60. The fourth-order valence-corrected chi connectivity index (χ4v) is 3.06. The summed E-state index contributed by atoms with van der Waals surface area (Å²) in [6, 6.07) is 13.8. The molecule has 150 valence electrons. The topological polar surface area (TPSA) is 48.3 Å². The molecule has 7 heteroatoms. The first-order valence-corrected chi connectivity index (χ1v) is 9.33. The van der Waals surface area contributed by atoms with Gasteiger partial charge in [-0.25, -0.2) is 4.98 Å². The van der Waals surface area contributed by atoms with Gasteiger partial charge >= 0.3 is 0 Å². The molecule has 3 aromatic rings. The number of nitrogens with one attached hydrogen (secondary N) is 1. The summed E-state index contributed by atoms with van der Waals surface area (Å²) in [4.78, 5) is 4.05. The van der Waals surface area contributed by atoms with Gasteiger partial charge in [-0.3, -0.25) is 0 Å². The number of aryl methyl sites for hydroxylation is 1. The largest absolute Gasteiger partial charge is 0.493 e. The van der Waals surface area contributed by atoms with Crippen molar-refractivity contribution in [1.82, 2.24) is 14.9 Å². The molecule has 1 heterocycles. The number of methoxy groups -OCH3 is 1. The molecule has 0 unspecified atom stereocenters. The standard InChI is InChI=1S/C21H24ClN3O2.ClH/c1-26-20-13-19(22)12-18(14-23-8-5-10-25-11-9-24-16-25)21(20)27-15-17-6-3-2-4-7-17;/h2-4,6-7,9,11-13,16,23H,5,8,10,14-15H2,1H3;1H. The fourth-order valence-electron chi connectivity index (χ4n) is 2.83. The van der Waals surface area contributed by atoms with Crippen molar-refractivity contribution in [2.75, 3.05) is 13.7 Å². The summed E-state index contributed by atoms with van der Waals surface area (Å²) in [6.45, 7) is 2.95. The van der Waals surface area contributed by atoms with E-state index < -0.39 is 0 Å². The molecule has 0 spiro atoms. The van der Waals surface area contributed by atoms with E-state index in [9.17, 15) is 0 Å². The third-order valence-electron chi connectivity index (χ3n) is 4.19. The highest BCUT2D eigenvalue weighted by Gasteiger charge is 2.13. The van der Waals surface area contributed by atoms with Crippen molar-refractivity contribution in [3.05, 3.63) is 77.3 Å². The molecule has 3 rings (SSSR count). The van der Waals surface area contributed by atoms with Crippen LogP contribution in [0.2, 0.25) is 5.02 Å². The number of ether oxygens (including phenoxy) is 2. The molecule has 0 saturated heterocycles. The molecule has 0 radical (unpaired) electrons. The van der Waals surface area contributed by atoms with Crippen LogP contribution < -0.4 is 14.8 Å². The first kappa shape index (κ1) is 22.1. The van der Waals surface area contributed by atoms with Gasteiger partial charge in [-0.15, -0.1) is 12.4 Å². The van der Waals surface area contributed by atoms with Crippen LogP contribution in [0.3, 0.4) is 0 Å². The van der Waals surface area contributed by atoms with Gasteiger partial charge in [0.05, 0.1) is 13.4 Å². The first-order valence-electron chi connectivity index (χ1n) is 8.96. The molecule has 0 fully saturated rings. The van der Waals surface area contributed by atoms with Crippen molar-refractivity contribution in [2.24, 2.45) is 0 Å². The summed E-state index contributed by atoms with van der Waals surface area (Å²) in [5.74, 6) is 1.38. The van der Waals surface area contributed by atoms with Crippen molar-refractivity contribution >= 4 is 24.0 Å². The van der Waals surface area contributed by atoms with Crippen LogP contribution in [0.5, 0.6) is 11.5 Å². The van der Waals surface area contributed by atoms with Crippen LogP contribution in [0.15, 0.2) is 61.2 Å². The molecule has 2 aromatic carbocycles. The van der Waals surface area contributed by atoms with Crippen molar-refractivity contribution in [3.8, 4) is 11.5 Å². The monoisotopic (exact) mass is 421 g/mol. The molecule has 0 aliphatic heterocycles. The third kappa shape index (κ3) is 6.44. The highest BCUT2D eigenvalue weighted by Crippen LogP contribution is 2.35. The van der Waals surface area contributed by atoms with Crippen LogP contribution in [-0.4, -0.2) is 23.2 Å². The Morgan fingerprint density at radius 1 is 1.18 bits per heavy atom. The summed E-state index contributed by atoms with van der Waals surface area (Å²) < 4.78 is 13.6. The number of aromatic nitrogens is 2. The number of rotatable bonds is 10. The summed E-state index contributed by atoms with van der Waals surface area (Å²) >= 11 is 6.25. The average Bonchev–Trinajstić information content (AvgIpc) is 3.20. The summed E-state index contributed by atoms with van der Waals surface area (Å²) in [5.41, 5.74) is 2.09. The second-order valence-corrected chi connectivity index (χ2v) is 6.64. The second-order valence-electron chi connectivity index (χ2n) is 6.20. The van der Waals surface area contributed by atoms with E-state index in [4.69, 9.17) is 21.1 Å². The first-order chi connectivity index (χ1) is 13.3. The Bertz CT molecular complexity index is 827. The lowest BCUT2D eigenvalue weighted by atomic mass is 10.1. The predicted molar refractivity (Wildman–Crippen MR) is 115 cm³/mol.